The van der Waals surface area contributed by atoms with Gasteiger partial charge in [0.05, 0.1) is 11.9 Å². The molecule has 2 aromatic heterocycles. The summed E-state index contributed by atoms with van der Waals surface area (Å²) in [7, 11) is 0. The van der Waals surface area contributed by atoms with Crippen molar-refractivity contribution in [1.82, 2.24) is 19.7 Å². The van der Waals surface area contributed by atoms with Crippen molar-refractivity contribution < 1.29 is 4.79 Å². The predicted molar refractivity (Wildman–Crippen MR) is 90.3 cm³/mol. The number of aryl methyl sites for hydroxylation is 1. The number of nitrogens with one attached hydrogen (secondary N) is 1. The minimum Gasteiger partial charge on any atom is -0.352 e. The molecular weight excluding hydrogens is 288 g/mol. The zero-order valence-corrected chi connectivity index (χ0v) is 13.4. The molecule has 0 aliphatic carbocycles. The molecule has 0 unspecified atom stereocenters. The molecule has 1 N–H and O–H groups in total. The second-order valence-electron chi connectivity index (χ2n) is 5.48. The molecule has 0 saturated heterocycles. The zero-order chi connectivity index (χ0) is 16.2. The molecule has 0 spiro atoms. The van der Waals surface area contributed by atoms with Crippen molar-refractivity contribution in [2.75, 3.05) is 6.54 Å². The van der Waals surface area contributed by atoms with E-state index in [-0.39, 0.29) is 5.91 Å². The van der Waals surface area contributed by atoms with Crippen LogP contribution in [0.2, 0.25) is 0 Å². The van der Waals surface area contributed by atoms with Crippen LogP contribution in [0.4, 0.5) is 0 Å². The predicted octanol–water partition coefficient (Wildman–Crippen LogP) is 3.11. The summed E-state index contributed by atoms with van der Waals surface area (Å²) in [6.07, 6.45) is 6.36. The molecular formula is C18H20N4O. The first-order valence-corrected chi connectivity index (χ1v) is 7.77. The Balaban J connectivity index is 2.11. The van der Waals surface area contributed by atoms with Crippen molar-refractivity contribution in [3.05, 3.63) is 66.1 Å². The highest BCUT2D eigenvalue weighted by Gasteiger charge is 2.19. The number of carbonyl (C=O) groups excluding carboxylic acids is 1. The highest BCUT2D eigenvalue weighted by molar-refractivity contribution is 5.97. The molecule has 0 aliphatic rings. The van der Waals surface area contributed by atoms with Crippen LogP contribution in [0.5, 0.6) is 0 Å². The summed E-state index contributed by atoms with van der Waals surface area (Å²) in [5.74, 6) is 0.642. The van der Waals surface area contributed by atoms with Gasteiger partial charge in [0.15, 0.2) is 5.82 Å². The molecule has 3 rings (SSSR count). The average Bonchev–Trinajstić information content (AvgIpc) is 3.21. The lowest BCUT2D eigenvalue weighted by Crippen LogP contribution is -2.25. The minimum atomic E-state index is -0.102. The zero-order valence-electron chi connectivity index (χ0n) is 13.4. The highest BCUT2D eigenvalue weighted by atomic mass is 16.1. The average molecular weight is 308 g/mol. The van der Waals surface area contributed by atoms with Gasteiger partial charge < -0.3 is 9.88 Å². The van der Waals surface area contributed by atoms with E-state index in [4.69, 9.17) is 0 Å². The Bertz CT molecular complexity index is 802. The van der Waals surface area contributed by atoms with E-state index in [9.17, 15) is 4.79 Å². The van der Waals surface area contributed by atoms with Crippen LogP contribution < -0.4 is 5.32 Å². The monoisotopic (exact) mass is 308 g/mol. The molecule has 2 heterocycles. The number of amides is 1. The molecule has 1 aromatic carbocycles. The van der Waals surface area contributed by atoms with E-state index in [1.54, 1.807) is 10.9 Å². The number of hydrogen-bond acceptors (Lipinski definition) is 2. The fourth-order valence-electron chi connectivity index (χ4n) is 2.51. The van der Waals surface area contributed by atoms with E-state index >= 15 is 0 Å². The van der Waals surface area contributed by atoms with Gasteiger partial charge in [0.1, 0.15) is 5.56 Å². The van der Waals surface area contributed by atoms with Crippen LogP contribution >= 0.6 is 0 Å². The summed E-state index contributed by atoms with van der Waals surface area (Å²) in [6.45, 7) is 4.72. The topological polar surface area (TPSA) is 51.9 Å². The summed E-state index contributed by atoms with van der Waals surface area (Å²) >= 11 is 0. The van der Waals surface area contributed by atoms with Crippen LogP contribution in [0.25, 0.3) is 11.5 Å². The van der Waals surface area contributed by atoms with Gasteiger partial charge in [-0.1, -0.05) is 19.1 Å². The number of rotatable bonds is 5. The second kappa shape index (κ2) is 6.52. The van der Waals surface area contributed by atoms with Gasteiger partial charge in [-0.25, -0.2) is 4.68 Å². The number of hydrogen-bond donors (Lipinski definition) is 1. The van der Waals surface area contributed by atoms with E-state index in [1.807, 2.05) is 67.2 Å². The third-order valence-electron chi connectivity index (χ3n) is 3.62. The molecule has 0 saturated carbocycles. The second-order valence-corrected chi connectivity index (χ2v) is 5.48. The molecule has 0 radical (unpaired) electrons. The smallest absolute Gasteiger partial charge is 0.256 e. The molecule has 118 valence electrons. The van der Waals surface area contributed by atoms with Crippen LogP contribution in [0.1, 0.15) is 29.3 Å². The lowest BCUT2D eigenvalue weighted by atomic mass is 10.2. The fraction of sp³-hybridized carbons (Fsp3) is 0.222. The van der Waals surface area contributed by atoms with Crippen molar-refractivity contribution in [3.8, 4) is 11.5 Å². The van der Waals surface area contributed by atoms with Crippen molar-refractivity contribution in [2.24, 2.45) is 0 Å². The molecule has 5 heteroatoms. The third-order valence-corrected chi connectivity index (χ3v) is 3.62. The van der Waals surface area contributed by atoms with Gasteiger partial charge in [-0.15, -0.1) is 0 Å². The maximum Gasteiger partial charge on any atom is 0.256 e. The van der Waals surface area contributed by atoms with Gasteiger partial charge in [0.2, 0.25) is 0 Å². The summed E-state index contributed by atoms with van der Waals surface area (Å²) < 4.78 is 3.71. The molecule has 0 atom stereocenters. The van der Waals surface area contributed by atoms with Gasteiger partial charge in [0, 0.05) is 18.9 Å². The van der Waals surface area contributed by atoms with Crippen LogP contribution in [0.3, 0.4) is 0 Å². The van der Waals surface area contributed by atoms with Crippen LogP contribution in [-0.4, -0.2) is 26.8 Å². The Morgan fingerprint density at radius 3 is 2.70 bits per heavy atom. The lowest BCUT2D eigenvalue weighted by molar-refractivity contribution is 0.0953. The molecule has 3 aromatic rings. The molecule has 0 fully saturated rings. The van der Waals surface area contributed by atoms with E-state index < -0.39 is 0 Å². The molecule has 5 nitrogen and oxygen atoms in total. The Kier molecular flexibility index (Phi) is 4.28. The normalized spacial score (nSPS) is 10.7. The van der Waals surface area contributed by atoms with E-state index in [2.05, 4.69) is 10.4 Å². The minimum absolute atomic E-state index is 0.102. The van der Waals surface area contributed by atoms with Gasteiger partial charge in [-0.05, 0) is 43.2 Å². The van der Waals surface area contributed by atoms with Crippen molar-refractivity contribution in [1.29, 1.82) is 0 Å². The van der Waals surface area contributed by atoms with Gasteiger partial charge in [-0.2, -0.15) is 5.10 Å². The maximum absolute atomic E-state index is 12.5. The lowest BCUT2D eigenvalue weighted by Gasteiger charge is -2.11. The van der Waals surface area contributed by atoms with Gasteiger partial charge in [0.25, 0.3) is 5.91 Å². The van der Waals surface area contributed by atoms with Crippen LogP contribution in [0, 0.1) is 6.92 Å². The van der Waals surface area contributed by atoms with Crippen LogP contribution in [0.15, 0.2) is 55.0 Å². The molecule has 1 amide bonds. The summed E-state index contributed by atoms with van der Waals surface area (Å²) in [5.41, 5.74) is 2.65. The molecule has 23 heavy (non-hydrogen) atoms. The van der Waals surface area contributed by atoms with E-state index in [1.165, 1.54) is 0 Å². The summed E-state index contributed by atoms with van der Waals surface area (Å²) in [5, 5.41) is 7.37. The Morgan fingerprint density at radius 2 is 2.00 bits per heavy atom. The highest BCUT2D eigenvalue weighted by Crippen LogP contribution is 2.20. The third kappa shape index (κ3) is 3.04. The first-order valence-electron chi connectivity index (χ1n) is 7.77. The largest absolute Gasteiger partial charge is 0.352 e. The summed E-state index contributed by atoms with van der Waals surface area (Å²) in [6, 6.07) is 11.9. The quantitative estimate of drug-likeness (QED) is 0.787. The van der Waals surface area contributed by atoms with Crippen molar-refractivity contribution in [2.45, 2.75) is 20.3 Å². The number of benzene rings is 1. The Hall–Kier alpha value is -2.82. The van der Waals surface area contributed by atoms with Crippen molar-refractivity contribution >= 4 is 5.91 Å². The van der Waals surface area contributed by atoms with Gasteiger partial charge in [-0.3, -0.25) is 4.79 Å². The molecule has 0 bridgehead atoms. The SMILES string of the molecule is CCCNC(=O)c1cnn(-c2cccc(C)c2)c1-n1cccc1. The fourth-order valence-corrected chi connectivity index (χ4v) is 2.51. The van der Waals surface area contributed by atoms with Gasteiger partial charge >= 0.3 is 0 Å². The summed E-state index contributed by atoms with van der Waals surface area (Å²) in [4.78, 5) is 12.5. The van der Waals surface area contributed by atoms with Crippen LogP contribution in [-0.2, 0) is 0 Å². The Morgan fingerprint density at radius 1 is 1.22 bits per heavy atom. The van der Waals surface area contributed by atoms with E-state index in [0.717, 1.165) is 23.5 Å². The first-order chi connectivity index (χ1) is 11.2. The maximum atomic E-state index is 12.5. The van der Waals surface area contributed by atoms with E-state index in [0.29, 0.717) is 12.1 Å². The standard InChI is InChI=1S/C18H20N4O/c1-3-9-19-17(23)16-13-20-22(15-8-6-7-14(2)12-15)18(16)21-10-4-5-11-21/h4-8,10-13H,3,9H2,1-2H3,(H,19,23). The Labute approximate surface area is 135 Å². The number of carbonyl (C=O) groups is 1. The number of nitrogens with zero attached hydrogens (tertiary/aromatic N) is 3. The molecule has 0 aliphatic heterocycles. The number of aromatic nitrogens is 3. The van der Waals surface area contributed by atoms with Crippen molar-refractivity contribution in [3.63, 3.8) is 0 Å². The first kappa shape index (κ1) is 15.1.